The molecule has 3 aromatic carbocycles. The molecule has 1 fully saturated rings. The van der Waals surface area contributed by atoms with Crippen molar-refractivity contribution >= 4 is 67.4 Å². The molecule has 1 N–H and O–H groups in total. The zero-order valence-corrected chi connectivity index (χ0v) is 21.2. The quantitative estimate of drug-likeness (QED) is 0.306. The molecule has 34 heavy (non-hydrogen) atoms. The molecule has 0 aliphatic carbocycles. The number of nitrogens with zero attached hydrogens (tertiary/aromatic N) is 2. The highest BCUT2D eigenvalue weighted by atomic mass is 79.9. The molecule has 2 atom stereocenters. The van der Waals surface area contributed by atoms with E-state index in [1.165, 1.54) is 0 Å². The molecule has 2 aliphatic rings. The van der Waals surface area contributed by atoms with Crippen LogP contribution in [0.2, 0.25) is 5.02 Å². The van der Waals surface area contributed by atoms with Crippen LogP contribution in [0.15, 0.2) is 71.2 Å². The third kappa shape index (κ3) is 3.18. The van der Waals surface area contributed by atoms with Crippen LogP contribution in [0.25, 0.3) is 10.9 Å². The van der Waals surface area contributed by atoms with Gasteiger partial charge in [-0.1, -0.05) is 51.8 Å². The zero-order chi connectivity index (χ0) is 23.6. The predicted molar refractivity (Wildman–Crippen MR) is 142 cm³/mol. The van der Waals surface area contributed by atoms with E-state index in [4.69, 9.17) is 28.6 Å². The van der Waals surface area contributed by atoms with Crippen LogP contribution >= 0.6 is 39.7 Å². The number of thiocarbonyl (C=S) groups is 1. The molecule has 0 bridgehead atoms. The first-order chi connectivity index (χ1) is 16.5. The van der Waals surface area contributed by atoms with E-state index in [1.54, 1.807) is 18.1 Å². The summed E-state index contributed by atoms with van der Waals surface area (Å²) in [5.41, 5.74) is 4.85. The number of amides is 1. The fourth-order valence-electron chi connectivity index (χ4n) is 5.08. The van der Waals surface area contributed by atoms with Crippen molar-refractivity contribution in [3.8, 4) is 5.75 Å². The lowest BCUT2D eigenvalue weighted by Gasteiger charge is -2.37. The van der Waals surface area contributed by atoms with Crippen LogP contribution in [0.3, 0.4) is 0 Å². The lowest BCUT2D eigenvalue weighted by molar-refractivity contribution is -0.120. The Morgan fingerprint density at radius 3 is 2.62 bits per heavy atom. The molecule has 2 unspecified atom stereocenters. The number of ether oxygens (including phenoxy) is 1. The number of carbonyl (C=O) groups is 1. The lowest BCUT2D eigenvalue weighted by Crippen LogP contribution is -2.44. The number of fused-ring (bicyclic) bond motifs is 4. The smallest absolute Gasteiger partial charge is 0.256 e. The maximum atomic E-state index is 13.8. The van der Waals surface area contributed by atoms with Crippen LogP contribution in [-0.4, -0.2) is 34.1 Å². The van der Waals surface area contributed by atoms with Crippen LogP contribution in [0, 0.1) is 0 Å². The number of aromatic nitrogens is 1. The normalized spacial score (nSPS) is 19.5. The number of H-pyrrole nitrogens is 1. The number of hydrogen-bond donors (Lipinski definition) is 1. The van der Waals surface area contributed by atoms with Crippen molar-refractivity contribution in [2.45, 2.75) is 18.5 Å². The SMILES string of the molecule is COc1ccc(C2c3[nH]c4ccc(Br)cc4c3CC3C(=O)N(c4ccccc4Cl)C(=S)N32)cc1. The van der Waals surface area contributed by atoms with Crippen LogP contribution < -0.4 is 9.64 Å². The van der Waals surface area contributed by atoms with E-state index in [2.05, 4.69) is 37.9 Å². The molecule has 3 heterocycles. The second-order valence-corrected chi connectivity index (χ2v) is 10.1. The standard InChI is InChI=1S/C26H19BrClN3O2S/c1-33-16-9-6-14(7-10-16)24-23-18(17-12-15(27)8-11-20(17)29-23)13-22-25(32)31(26(34)30(22)24)21-5-3-2-4-19(21)28/h2-12,22,24,29H,13H2,1H3. The second-order valence-electron chi connectivity index (χ2n) is 8.42. The minimum atomic E-state index is -0.429. The summed E-state index contributed by atoms with van der Waals surface area (Å²) < 4.78 is 6.37. The Morgan fingerprint density at radius 2 is 1.88 bits per heavy atom. The summed E-state index contributed by atoms with van der Waals surface area (Å²) in [6.45, 7) is 0. The summed E-state index contributed by atoms with van der Waals surface area (Å²) in [5.74, 6) is 0.710. The average Bonchev–Trinajstić information content (AvgIpc) is 3.32. The molecule has 8 heteroatoms. The molecule has 170 valence electrons. The first-order valence-corrected chi connectivity index (χ1v) is 12.4. The van der Waals surface area contributed by atoms with E-state index in [0.29, 0.717) is 22.2 Å². The molecular formula is C26H19BrClN3O2S. The van der Waals surface area contributed by atoms with Gasteiger partial charge in [-0.3, -0.25) is 9.69 Å². The fourth-order valence-corrected chi connectivity index (χ4v) is 6.08. The van der Waals surface area contributed by atoms with Crippen molar-refractivity contribution < 1.29 is 9.53 Å². The molecule has 6 rings (SSSR count). The minimum absolute atomic E-state index is 0.0633. The zero-order valence-electron chi connectivity index (χ0n) is 18.1. The first-order valence-electron chi connectivity index (χ1n) is 10.8. The number of carbonyl (C=O) groups excluding carboxylic acids is 1. The highest BCUT2D eigenvalue weighted by Gasteiger charge is 2.51. The Hall–Kier alpha value is -2.87. The van der Waals surface area contributed by atoms with Gasteiger partial charge in [-0.25, -0.2) is 0 Å². The molecule has 1 amide bonds. The van der Waals surface area contributed by atoms with Gasteiger partial charge in [0.2, 0.25) is 0 Å². The van der Waals surface area contributed by atoms with Gasteiger partial charge in [0.25, 0.3) is 5.91 Å². The maximum Gasteiger partial charge on any atom is 0.256 e. The van der Waals surface area contributed by atoms with Gasteiger partial charge in [0.05, 0.1) is 23.9 Å². The summed E-state index contributed by atoms with van der Waals surface area (Å²) >= 11 is 16.0. The monoisotopic (exact) mass is 551 g/mol. The van der Waals surface area contributed by atoms with Gasteiger partial charge in [0, 0.05) is 27.5 Å². The van der Waals surface area contributed by atoms with E-state index in [-0.39, 0.29) is 11.9 Å². The Balaban J connectivity index is 1.55. The number of para-hydroxylation sites is 1. The number of hydrogen-bond acceptors (Lipinski definition) is 3. The third-order valence-corrected chi connectivity index (χ3v) is 7.83. The molecule has 1 saturated heterocycles. The van der Waals surface area contributed by atoms with Crippen molar-refractivity contribution in [3.05, 3.63) is 93.0 Å². The number of rotatable bonds is 3. The summed E-state index contributed by atoms with van der Waals surface area (Å²) in [5, 5.41) is 2.05. The van der Waals surface area contributed by atoms with E-state index in [9.17, 15) is 4.79 Å². The number of aromatic amines is 1. The van der Waals surface area contributed by atoms with Crippen molar-refractivity contribution in [3.63, 3.8) is 0 Å². The topological polar surface area (TPSA) is 48.6 Å². The molecule has 0 saturated carbocycles. The Kier molecular flexibility index (Phi) is 5.17. The van der Waals surface area contributed by atoms with E-state index in [0.717, 1.165) is 37.9 Å². The maximum absolute atomic E-state index is 13.8. The van der Waals surface area contributed by atoms with Crippen molar-refractivity contribution in [2.75, 3.05) is 12.0 Å². The summed E-state index contributed by atoms with van der Waals surface area (Å²) in [7, 11) is 1.65. The molecule has 0 spiro atoms. The summed E-state index contributed by atoms with van der Waals surface area (Å²) in [6.07, 6.45) is 0.554. The molecule has 4 aromatic rings. The van der Waals surface area contributed by atoms with Crippen LogP contribution in [0.5, 0.6) is 5.75 Å². The van der Waals surface area contributed by atoms with Gasteiger partial charge in [-0.2, -0.15) is 0 Å². The molecular weight excluding hydrogens is 534 g/mol. The van der Waals surface area contributed by atoms with Crippen molar-refractivity contribution in [2.24, 2.45) is 0 Å². The lowest BCUT2D eigenvalue weighted by atomic mass is 9.89. The third-order valence-electron chi connectivity index (χ3n) is 6.63. The van der Waals surface area contributed by atoms with Crippen molar-refractivity contribution in [1.29, 1.82) is 0 Å². The van der Waals surface area contributed by atoms with Gasteiger partial charge >= 0.3 is 0 Å². The second kappa shape index (κ2) is 8.12. The van der Waals surface area contributed by atoms with Crippen LogP contribution in [0.1, 0.15) is 22.9 Å². The van der Waals surface area contributed by atoms with Crippen LogP contribution in [0.4, 0.5) is 5.69 Å². The number of halogens is 2. The van der Waals surface area contributed by atoms with Crippen LogP contribution in [-0.2, 0) is 11.2 Å². The van der Waals surface area contributed by atoms with Gasteiger partial charge in [0.1, 0.15) is 11.8 Å². The highest BCUT2D eigenvalue weighted by Crippen LogP contribution is 2.46. The van der Waals surface area contributed by atoms with Gasteiger partial charge in [0.15, 0.2) is 5.11 Å². The first kappa shape index (κ1) is 21.6. The minimum Gasteiger partial charge on any atom is -0.497 e. The Bertz CT molecular complexity index is 1470. The largest absolute Gasteiger partial charge is 0.497 e. The number of benzene rings is 3. The molecule has 1 aromatic heterocycles. The number of nitrogens with one attached hydrogen (secondary N) is 1. The van der Waals surface area contributed by atoms with E-state index >= 15 is 0 Å². The Morgan fingerprint density at radius 1 is 1.12 bits per heavy atom. The molecule has 5 nitrogen and oxygen atoms in total. The van der Waals surface area contributed by atoms with Gasteiger partial charge < -0.3 is 14.6 Å². The summed E-state index contributed by atoms with van der Waals surface area (Å²) in [4.78, 5) is 21.1. The highest BCUT2D eigenvalue weighted by molar-refractivity contribution is 9.10. The molecule has 2 aliphatic heterocycles. The summed E-state index contributed by atoms with van der Waals surface area (Å²) in [6, 6.07) is 20.7. The molecule has 0 radical (unpaired) electrons. The van der Waals surface area contributed by atoms with Crippen molar-refractivity contribution in [1.82, 2.24) is 9.88 Å². The number of anilines is 1. The van der Waals surface area contributed by atoms with Gasteiger partial charge in [-0.15, -0.1) is 0 Å². The fraction of sp³-hybridized carbons (Fsp3) is 0.154. The van der Waals surface area contributed by atoms with E-state index < -0.39 is 6.04 Å². The predicted octanol–water partition coefficient (Wildman–Crippen LogP) is 6.24. The van der Waals surface area contributed by atoms with Gasteiger partial charge in [-0.05, 0) is 65.8 Å². The van der Waals surface area contributed by atoms with E-state index in [1.807, 2.05) is 48.5 Å². The Labute approximate surface area is 215 Å². The average molecular weight is 553 g/mol. The number of methoxy groups -OCH3 is 1.